The number of piperidine rings is 1. The summed E-state index contributed by atoms with van der Waals surface area (Å²) in [5.41, 5.74) is 0. The van der Waals surface area contributed by atoms with Gasteiger partial charge in [-0.25, -0.2) is 0 Å². The topological polar surface area (TPSA) is 43.9 Å². The average molecular weight is 295 g/mol. The van der Waals surface area contributed by atoms with Crippen LogP contribution in [-0.2, 0) is 9.59 Å². The van der Waals surface area contributed by atoms with E-state index in [-0.39, 0.29) is 11.8 Å². The number of nitrogens with zero attached hydrogens (tertiary/aromatic N) is 3. The van der Waals surface area contributed by atoms with Gasteiger partial charge in [-0.05, 0) is 18.3 Å². The van der Waals surface area contributed by atoms with E-state index in [2.05, 4.69) is 18.7 Å². The molecule has 2 amide bonds. The zero-order chi connectivity index (χ0) is 15.4. The molecule has 2 rings (SSSR count). The van der Waals surface area contributed by atoms with Gasteiger partial charge in [0.25, 0.3) is 0 Å². The Morgan fingerprint density at radius 2 is 1.48 bits per heavy atom. The Labute approximate surface area is 128 Å². The Morgan fingerprint density at radius 3 is 2.00 bits per heavy atom. The lowest BCUT2D eigenvalue weighted by Crippen LogP contribution is -2.52. The summed E-state index contributed by atoms with van der Waals surface area (Å²) in [5.74, 6) is 1.69. The Balaban J connectivity index is 1.78. The van der Waals surface area contributed by atoms with Crippen molar-refractivity contribution in [1.29, 1.82) is 0 Å². The van der Waals surface area contributed by atoms with Gasteiger partial charge in [0.1, 0.15) is 0 Å². The van der Waals surface area contributed by atoms with E-state index in [9.17, 15) is 9.59 Å². The normalized spacial score (nSPS) is 27.8. The van der Waals surface area contributed by atoms with Crippen molar-refractivity contribution in [2.45, 2.75) is 33.6 Å². The van der Waals surface area contributed by atoms with E-state index in [0.717, 1.165) is 39.3 Å². The third kappa shape index (κ3) is 4.43. The molecule has 5 heteroatoms. The molecule has 0 aromatic carbocycles. The standard InChI is InChI=1S/C16H29N3O2/c1-4-15(20)18-7-5-17(6-8-18)12-16(21)19-10-13(2)9-14(3)11-19/h13-14H,4-12H2,1-3H3. The Morgan fingerprint density at radius 1 is 0.905 bits per heavy atom. The number of piperazine rings is 1. The highest BCUT2D eigenvalue weighted by Gasteiger charge is 2.27. The molecule has 0 radical (unpaired) electrons. The van der Waals surface area contributed by atoms with E-state index in [1.807, 2.05) is 16.7 Å². The lowest BCUT2D eigenvalue weighted by Gasteiger charge is -2.38. The average Bonchev–Trinajstić information content (AvgIpc) is 2.46. The summed E-state index contributed by atoms with van der Waals surface area (Å²) in [4.78, 5) is 30.2. The van der Waals surface area contributed by atoms with E-state index in [1.165, 1.54) is 6.42 Å². The van der Waals surface area contributed by atoms with Crippen LogP contribution >= 0.6 is 0 Å². The third-order valence-electron chi connectivity index (χ3n) is 4.61. The second-order valence-electron chi connectivity index (χ2n) is 6.76. The summed E-state index contributed by atoms with van der Waals surface area (Å²) in [6, 6.07) is 0. The van der Waals surface area contributed by atoms with Crippen molar-refractivity contribution in [3.8, 4) is 0 Å². The van der Waals surface area contributed by atoms with Crippen LogP contribution in [0.4, 0.5) is 0 Å². The first-order valence-electron chi connectivity index (χ1n) is 8.27. The second-order valence-corrected chi connectivity index (χ2v) is 6.76. The summed E-state index contributed by atoms with van der Waals surface area (Å²) in [6.07, 6.45) is 1.80. The molecule has 0 N–H and O–H groups in total. The van der Waals surface area contributed by atoms with Crippen molar-refractivity contribution in [2.24, 2.45) is 11.8 Å². The summed E-state index contributed by atoms with van der Waals surface area (Å²) in [7, 11) is 0. The second kappa shape index (κ2) is 7.25. The smallest absolute Gasteiger partial charge is 0.236 e. The van der Waals surface area contributed by atoms with Gasteiger partial charge in [-0.15, -0.1) is 0 Å². The zero-order valence-corrected chi connectivity index (χ0v) is 13.7. The molecule has 120 valence electrons. The van der Waals surface area contributed by atoms with Crippen molar-refractivity contribution in [3.63, 3.8) is 0 Å². The molecule has 2 saturated heterocycles. The van der Waals surface area contributed by atoms with Crippen molar-refractivity contribution in [1.82, 2.24) is 14.7 Å². The fourth-order valence-corrected chi connectivity index (χ4v) is 3.54. The molecule has 2 aliphatic rings. The van der Waals surface area contributed by atoms with Crippen molar-refractivity contribution < 1.29 is 9.59 Å². The van der Waals surface area contributed by atoms with Crippen LogP contribution < -0.4 is 0 Å². The van der Waals surface area contributed by atoms with Gasteiger partial charge in [0.2, 0.25) is 11.8 Å². The van der Waals surface area contributed by atoms with Gasteiger partial charge in [-0.1, -0.05) is 20.8 Å². The fraction of sp³-hybridized carbons (Fsp3) is 0.875. The molecule has 2 fully saturated rings. The van der Waals surface area contributed by atoms with E-state index in [1.54, 1.807) is 0 Å². The van der Waals surface area contributed by atoms with Crippen LogP contribution in [-0.4, -0.2) is 72.3 Å². The van der Waals surface area contributed by atoms with Crippen molar-refractivity contribution >= 4 is 11.8 Å². The Bertz CT molecular complexity index is 368. The third-order valence-corrected chi connectivity index (χ3v) is 4.61. The van der Waals surface area contributed by atoms with Crippen LogP contribution in [0.15, 0.2) is 0 Å². The number of rotatable bonds is 3. The number of hydrogen-bond acceptors (Lipinski definition) is 3. The highest BCUT2D eigenvalue weighted by atomic mass is 16.2. The summed E-state index contributed by atoms with van der Waals surface area (Å²) in [6.45, 7) is 11.8. The summed E-state index contributed by atoms with van der Waals surface area (Å²) >= 11 is 0. The van der Waals surface area contributed by atoms with E-state index in [4.69, 9.17) is 0 Å². The first kappa shape index (κ1) is 16.3. The molecule has 2 unspecified atom stereocenters. The highest BCUT2D eigenvalue weighted by molar-refractivity contribution is 5.78. The molecule has 0 saturated carbocycles. The van der Waals surface area contributed by atoms with Crippen LogP contribution in [0.3, 0.4) is 0 Å². The largest absolute Gasteiger partial charge is 0.341 e. The number of hydrogen-bond donors (Lipinski definition) is 0. The summed E-state index contributed by atoms with van der Waals surface area (Å²) < 4.78 is 0. The van der Waals surface area contributed by atoms with Crippen molar-refractivity contribution in [2.75, 3.05) is 45.8 Å². The quantitative estimate of drug-likeness (QED) is 0.781. The van der Waals surface area contributed by atoms with Crippen molar-refractivity contribution in [3.05, 3.63) is 0 Å². The lowest BCUT2D eigenvalue weighted by atomic mass is 9.92. The molecule has 0 aromatic heterocycles. The maximum absolute atomic E-state index is 12.4. The van der Waals surface area contributed by atoms with Crippen LogP contribution in [0.1, 0.15) is 33.6 Å². The molecular formula is C16H29N3O2. The lowest BCUT2D eigenvalue weighted by molar-refractivity contribution is -0.136. The number of amides is 2. The Hall–Kier alpha value is -1.10. The molecular weight excluding hydrogens is 266 g/mol. The van der Waals surface area contributed by atoms with Crippen LogP contribution in [0.25, 0.3) is 0 Å². The number of carbonyl (C=O) groups excluding carboxylic acids is 2. The van der Waals surface area contributed by atoms with Gasteiger partial charge in [0.05, 0.1) is 6.54 Å². The summed E-state index contributed by atoms with van der Waals surface area (Å²) in [5, 5.41) is 0. The van der Waals surface area contributed by atoms with Gasteiger partial charge < -0.3 is 9.80 Å². The molecule has 21 heavy (non-hydrogen) atoms. The van der Waals surface area contributed by atoms with Crippen LogP contribution in [0, 0.1) is 11.8 Å². The maximum Gasteiger partial charge on any atom is 0.236 e. The predicted octanol–water partition coefficient (Wildman–Crippen LogP) is 1.05. The highest BCUT2D eigenvalue weighted by Crippen LogP contribution is 2.21. The molecule has 2 atom stereocenters. The molecule has 5 nitrogen and oxygen atoms in total. The minimum Gasteiger partial charge on any atom is -0.341 e. The fourth-order valence-electron chi connectivity index (χ4n) is 3.54. The van der Waals surface area contributed by atoms with E-state index >= 15 is 0 Å². The van der Waals surface area contributed by atoms with Crippen LogP contribution in [0.5, 0.6) is 0 Å². The van der Waals surface area contributed by atoms with Gasteiger partial charge in [0, 0.05) is 45.7 Å². The first-order chi connectivity index (χ1) is 9.99. The Kier molecular flexibility index (Phi) is 5.62. The first-order valence-corrected chi connectivity index (χ1v) is 8.27. The monoisotopic (exact) mass is 295 g/mol. The maximum atomic E-state index is 12.4. The zero-order valence-electron chi connectivity index (χ0n) is 13.7. The molecule has 2 aliphatic heterocycles. The van der Waals surface area contributed by atoms with Gasteiger partial charge in [-0.3, -0.25) is 14.5 Å². The molecule has 2 heterocycles. The molecule has 0 spiro atoms. The van der Waals surface area contributed by atoms with Gasteiger partial charge in [0.15, 0.2) is 0 Å². The van der Waals surface area contributed by atoms with E-state index < -0.39 is 0 Å². The minimum atomic E-state index is 0.222. The van der Waals surface area contributed by atoms with Gasteiger partial charge >= 0.3 is 0 Å². The number of carbonyl (C=O) groups is 2. The SMILES string of the molecule is CCC(=O)N1CCN(CC(=O)N2CC(C)CC(C)C2)CC1. The van der Waals surface area contributed by atoms with Gasteiger partial charge in [-0.2, -0.15) is 0 Å². The molecule has 0 aromatic rings. The molecule has 0 aliphatic carbocycles. The van der Waals surface area contributed by atoms with Crippen LogP contribution in [0.2, 0.25) is 0 Å². The van der Waals surface area contributed by atoms with E-state index in [0.29, 0.717) is 24.8 Å². The predicted molar refractivity (Wildman–Crippen MR) is 82.8 cm³/mol. The molecule has 0 bridgehead atoms. The minimum absolute atomic E-state index is 0.222. The number of likely N-dealkylation sites (tertiary alicyclic amines) is 1.